The van der Waals surface area contributed by atoms with Crippen molar-refractivity contribution >= 4 is 11.9 Å². The summed E-state index contributed by atoms with van der Waals surface area (Å²) >= 11 is 0. The second-order valence-electron chi connectivity index (χ2n) is 5.40. The fourth-order valence-corrected chi connectivity index (χ4v) is 3.15. The highest BCUT2D eigenvalue weighted by Gasteiger charge is 2.29. The van der Waals surface area contributed by atoms with Crippen molar-refractivity contribution in [3.05, 3.63) is 22.5 Å². The zero-order chi connectivity index (χ0) is 15.6. The van der Waals surface area contributed by atoms with E-state index in [-0.39, 0.29) is 11.9 Å². The lowest BCUT2D eigenvalue weighted by molar-refractivity contribution is 0.0512. The van der Waals surface area contributed by atoms with Gasteiger partial charge in [0.15, 0.2) is 0 Å². The number of carbonyl (C=O) groups is 2. The third-order valence-electron chi connectivity index (χ3n) is 4.16. The average Bonchev–Trinajstić information content (AvgIpc) is 3.05. The first-order valence-corrected chi connectivity index (χ1v) is 7.68. The second-order valence-corrected chi connectivity index (χ2v) is 5.40. The zero-order valence-electron chi connectivity index (χ0n) is 13.4. The molecule has 1 amide bonds. The molecular formula is C16H24N2O3. The van der Waals surface area contributed by atoms with Gasteiger partial charge in [0.1, 0.15) is 5.69 Å². The Morgan fingerprint density at radius 1 is 1.14 bits per heavy atom. The maximum Gasteiger partial charge on any atom is 0.355 e. The van der Waals surface area contributed by atoms with E-state index in [0.29, 0.717) is 24.4 Å². The quantitative estimate of drug-likeness (QED) is 0.801. The molecule has 0 N–H and O–H groups in total. The fraction of sp³-hybridized carbons (Fsp3) is 0.625. The van der Waals surface area contributed by atoms with Crippen LogP contribution < -0.4 is 0 Å². The van der Waals surface area contributed by atoms with Gasteiger partial charge in [0.2, 0.25) is 0 Å². The number of esters is 1. The zero-order valence-corrected chi connectivity index (χ0v) is 13.4. The van der Waals surface area contributed by atoms with E-state index in [1.54, 1.807) is 6.92 Å². The molecule has 0 aromatic carbocycles. The highest BCUT2D eigenvalue weighted by molar-refractivity contribution is 6.01. The summed E-state index contributed by atoms with van der Waals surface area (Å²) in [6.07, 6.45) is 2.12. The van der Waals surface area contributed by atoms with Gasteiger partial charge in [-0.3, -0.25) is 4.79 Å². The molecule has 1 aliphatic heterocycles. The lowest BCUT2D eigenvalue weighted by Gasteiger charge is -2.16. The van der Waals surface area contributed by atoms with Crippen molar-refractivity contribution in [1.82, 2.24) is 9.47 Å². The molecule has 0 radical (unpaired) electrons. The van der Waals surface area contributed by atoms with Gasteiger partial charge >= 0.3 is 5.97 Å². The first-order valence-electron chi connectivity index (χ1n) is 7.68. The van der Waals surface area contributed by atoms with Gasteiger partial charge in [-0.1, -0.05) is 0 Å². The first-order chi connectivity index (χ1) is 10.0. The Labute approximate surface area is 125 Å². The van der Waals surface area contributed by atoms with Crippen LogP contribution in [0.25, 0.3) is 0 Å². The molecule has 0 spiro atoms. The summed E-state index contributed by atoms with van der Waals surface area (Å²) < 4.78 is 7.03. The third kappa shape index (κ3) is 2.69. The van der Waals surface area contributed by atoms with Gasteiger partial charge in [-0.2, -0.15) is 0 Å². The number of likely N-dealkylation sites (tertiary alicyclic amines) is 1. The summed E-state index contributed by atoms with van der Waals surface area (Å²) in [5.41, 5.74) is 2.78. The molecule has 1 aliphatic rings. The van der Waals surface area contributed by atoms with Crippen LogP contribution in [0.5, 0.6) is 0 Å². The number of rotatable bonds is 4. The molecule has 0 atom stereocenters. The number of hydrogen-bond donors (Lipinski definition) is 0. The third-order valence-corrected chi connectivity index (χ3v) is 4.16. The highest BCUT2D eigenvalue weighted by Crippen LogP contribution is 2.26. The molecule has 1 aromatic heterocycles. The van der Waals surface area contributed by atoms with E-state index in [1.165, 1.54) is 0 Å². The minimum atomic E-state index is -0.347. The summed E-state index contributed by atoms with van der Waals surface area (Å²) in [7, 11) is 0. The van der Waals surface area contributed by atoms with Crippen LogP contribution in [0.1, 0.15) is 58.8 Å². The monoisotopic (exact) mass is 292 g/mol. The van der Waals surface area contributed by atoms with Crippen LogP contribution in [0.4, 0.5) is 0 Å². The molecule has 5 nitrogen and oxygen atoms in total. The lowest BCUT2D eigenvalue weighted by atomic mass is 10.1. The van der Waals surface area contributed by atoms with Crippen LogP contribution in [-0.4, -0.2) is 41.0 Å². The van der Waals surface area contributed by atoms with Gasteiger partial charge in [-0.05, 0) is 46.1 Å². The number of ether oxygens (including phenoxy) is 1. The number of nitrogens with zero attached hydrogens (tertiary/aromatic N) is 2. The molecule has 0 unspecified atom stereocenters. The van der Waals surface area contributed by atoms with E-state index in [9.17, 15) is 9.59 Å². The van der Waals surface area contributed by atoms with Crippen molar-refractivity contribution < 1.29 is 14.3 Å². The van der Waals surface area contributed by atoms with Crippen molar-refractivity contribution in [1.29, 1.82) is 0 Å². The lowest BCUT2D eigenvalue weighted by Crippen LogP contribution is -2.28. The van der Waals surface area contributed by atoms with Crippen LogP contribution in [0.2, 0.25) is 0 Å². The molecule has 2 heterocycles. The van der Waals surface area contributed by atoms with Gasteiger partial charge in [0.25, 0.3) is 5.91 Å². The SMILES string of the molecule is CCOC(=O)c1c(C)c(C(=O)N2CCCC2)c(C)n1CC. The average molecular weight is 292 g/mol. The molecular weight excluding hydrogens is 268 g/mol. The van der Waals surface area contributed by atoms with Crippen LogP contribution in [-0.2, 0) is 11.3 Å². The predicted octanol–water partition coefficient (Wildman–Crippen LogP) is 2.54. The minimum absolute atomic E-state index is 0.0419. The summed E-state index contributed by atoms with van der Waals surface area (Å²) in [5.74, 6) is -0.305. The second kappa shape index (κ2) is 6.33. The largest absolute Gasteiger partial charge is 0.461 e. The van der Waals surface area contributed by atoms with Gasteiger partial charge in [-0.25, -0.2) is 4.79 Å². The van der Waals surface area contributed by atoms with Gasteiger partial charge in [-0.15, -0.1) is 0 Å². The van der Waals surface area contributed by atoms with Crippen LogP contribution >= 0.6 is 0 Å². The van der Waals surface area contributed by atoms with Crippen LogP contribution in [0.15, 0.2) is 0 Å². The molecule has 0 aliphatic carbocycles. The Bertz CT molecular complexity index is 554. The summed E-state index contributed by atoms with van der Waals surface area (Å²) in [4.78, 5) is 26.8. The molecule has 5 heteroatoms. The van der Waals surface area contributed by atoms with E-state index in [0.717, 1.165) is 37.2 Å². The molecule has 1 aromatic rings. The maximum atomic E-state index is 12.7. The van der Waals surface area contributed by atoms with Gasteiger partial charge < -0.3 is 14.2 Å². The molecule has 116 valence electrons. The number of carbonyl (C=O) groups excluding carboxylic acids is 2. The summed E-state index contributed by atoms with van der Waals surface area (Å²) in [6.45, 7) is 10.1. The molecule has 1 fully saturated rings. The Morgan fingerprint density at radius 2 is 1.76 bits per heavy atom. The first kappa shape index (κ1) is 15.6. The standard InChI is InChI=1S/C16H24N2O3/c1-5-18-12(4)13(15(19)17-9-7-8-10-17)11(3)14(18)16(20)21-6-2/h5-10H2,1-4H3. The van der Waals surface area contributed by atoms with Crippen LogP contribution in [0, 0.1) is 13.8 Å². The van der Waals surface area contributed by atoms with Crippen molar-refractivity contribution in [2.45, 2.75) is 47.1 Å². The van der Waals surface area contributed by atoms with Crippen molar-refractivity contribution in [2.75, 3.05) is 19.7 Å². The van der Waals surface area contributed by atoms with E-state index >= 15 is 0 Å². The Morgan fingerprint density at radius 3 is 2.29 bits per heavy atom. The topological polar surface area (TPSA) is 51.5 Å². The minimum Gasteiger partial charge on any atom is -0.461 e. The fourth-order valence-electron chi connectivity index (χ4n) is 3.15. The maximum absolute atomic E-state index is 12.7. The molecule has 2 rings (SSSR count). The normalized spacial score (nSPS) is 14.6. The number of hydrogen-bond acceptors (Lipinski definition) is 3. The van der Waals surface area contributed by atoms with E-state index < -0.39 is 0 Å². The Balaban J connectivity index is 2.47. The van der Waals surface area contributed by atoms with Crippen molar-refractivity contribution in [2.24, 2.45) is 0 Å². The Hall–Kier alpha value is -1.78. The molecule has 21 heavy (non-hydrogen) atoms. The number of amides is 1. The summed E-state index contributed by atoms with van der Waals surface area (Å²) in [6, 6.07) is 0. The van der Waals surface area contributed by atoms with Crippen molar-refractivity contribution in [3.63, 3.8) is 0 Å². The van der Waals surface area contributed by atoms with E-state index in [4.69, 9.17) is 4.74 Å². The summed E-state index contributed by atoms with van der Waals surface area (Å²) in [5, 5.41) is 0. The van der Waals surface area contributed by atoms with E-state index in [2.05, 4.69) is 0 Å². The predicted molar refractivity (Wildman–Crippen MR) is 80.7 cm³/mol. The van der Waals surface area contributed by atoms with E-state index in [1.807, 2.05) is 30.2 Å². The Kier molecular flexibility index (Phi) is 4.70. The number of aromatic nitrogens is 1. The van der Waals surface area contributed by atoms with Gasteiger partial charge in [0.05, 0.1) is 12.2 Å². The molecule has 0 bridgehead atoms. The van der Waals surface area contributed by atoms with Crippen LogP contribution in [0.3, 0.4) is 0 Å². The van der Waals surface area contributed by atoms with Gasteiger partial charge in [0, 0.05) is 25.3 Å². The molecule has 0 saturated carbocycles. The molecule has 1 saturated heterocycles. The highest BCUT2D eigenvalue weighted by atomic mass is 16.5. The smallest absolute Gasteiger partial charge is 0.355 e. The van der Waals surface area contributed by atoms with Crippen molar-refractivity contribution in [3.8, 4) is 0 Å².